The van der Waals surface area contributed by atoms with Gasteiger partial charge in [0.05, 0.1) is 16.7 Å². The number of nitrogens with zero attached hydrogens (tertiary/aromatic N) is 2. The van der Waals surface area contributed by atoms with Gasteiger partial charge in [-0.15, -0.1) is 11.3 Å². The molecule has 61 heavy (non-hydrogen) atoms. The number of benzene rings is 11. The molecule has 0 radical (unpaired) electrons. The van der Waals surface area contributed by atoms with Crippen molar-refractivity contribution >= 4 is 126 Å². The molecule has 0 bridgehead atoms. The second-order valence-corrected chi connectivity index (χ2v) is 17.2. The molecule has 0 saturated heterocycles. The van der Waals surface area contributed by atoms with Crippen molar-refractivity contribution in [3.8, 4) is 5.69 Å². The number of rotatable bonds is 6. The maximum Gasteiger partial charge on any atom is 0.0547 e. The molecule has 2 aromatic heterocycles. The van der Waals surface area contributed by atoms with Gasteiger partial charge >= 0.3 is 0 Å². The van der Waals surface area contributed by atoms with Crippen molar-refractivity contribution in [3.63, 3.8) is 0 Å². The van der Waals surface area contributed by atoms with E-state index in [1.54, 1.807) is 0 Å². The Bertz CT molecular complexity index is 3890. The summed E-state index contributed by atoms with van der Waals surface area (Å²) in [7, 11) is 0. The van der Waals surface area contributed by atoms with Crippen LogP contribution in [0.2, 0.25) is 0 Å². The zero-order valence-corrected chi connectivity index (χ0v) is 33.9. The number of thiophene rings is 1. The zero-order valence-electron chi connectivity index (χ0n) is 33.1. The Morgan fingerprint density at radius 2 is 1.03 bits per heavy atom. The lowest BCUT2D eigenvalue weighted by Gasteiger charge is -2.28. The normalized spacial score (nSPS) is 12.2. The molecule has 0 atom stereocenters. The fourth-order valence-corrected chi connectivity index (χ4v) is 11.1. The number of hydrogen-bond donors (Lipinski definition) is 0. The van der Waals surface area contributed by atoms with Crippen LogP contribution in [0, 0.1) is 0 Å². The van der Waals surface area contributed by atoms with E-state index in [1.807, 2.05) is 11.3 Å². The third-order valence-electron chi connectivity index (χ3n) is 12.7. The molecule has 0 N–H and O–H groups in total. The van der Waals surface area contributed by atoms with E-state index in [0.29, 0.717) is 0 Å². The summed E-state index contributed by atoms with van der Waals surface area (Å²) in [5, 5.41) is 15.2. The van der Waals surface area contributed by atoms with Crippen LogP contribution in [0.5, 0.6) is 0 Å². The van der Waals surface area contributed by atoms with Gasteiger partial charge in [-0.1, -0.05) is 158 Å². The van der Waals surface area contributed by atoms with Gasteiger partial charge in [0.15, 0.2) is 0 Å². The highest BCUT2D eigenvalue weighted by molar-refractivity contribution is 7.25. The van der Waals surface area contributed by atoms with Gasteiger partial charge in [0.2, 0.25) is 0 Å². The van der Waals surface area contributed by atoms with E-state index in [9.17, 15) is 0 Å². The lowest BCUT2D eigenvalue weighted by molar-refractivity contribution is 1.18. The highest BCUT2D eigenvalue weighted by Crippen LogP contribution is 2.46. The van der Waals surface area contributed by atoms with Gasteiger partial charge in [-0.3, -0.25) is 0 Å². The molecule has 2 nitrogen and oxygen atoms in total. The molecule has 0 aliphatic rings. The first-order valence-electron chi connectivity index (χ1n) is 20.9. The van der Waals surface area contributed by atoms with Crippen LogP contribution in [-0.2, 0) is 0 Å². The Labute approximate surface area is 356 Å². The van der Waals surface area contributed by atoms with Crippen molar-refractivity contribution in [2.75, 3.05) is 4.90 Å². The fourth-order valence-electron chi connectivity index (χ4n) is 9.88. The van der Waals surface area contributed by atoms with Crippen molar-refractivity contribution < 1.29 is 0 Å². The van der Waals surface area contributed by atoms with Crippen molar-refractivity contribution in [3.05, 3.63) is 217 Å². The van der Waals surface area contributed by atoms with Crippen molar-refractivity contribution in [1.82, 2.24) is 4.57 Å². The molecule has 11 aromatic carbocycles. The molecule has 2 heterocycles. The average Bonchev–Trinajstić information content (AvgIpc) is 3.86. The fraction of sp³-hybridized carbons (Fsp3) is 0. The van der Waals surface area contributed by atoms with Crippen LogP contribution in [0.4, 0.5) is 17.1 Å². The SMILES string of the molecule is C(=Cc1ccc2c3c1ccc1cccc(c13)n2-c1ccccc1)c1ccc2c(c1)sc1cc(N(c3ccc4ccccc4c3)c3cc4ccccc4c4ccccc34)ccc12. The molecule has 0 aliphatic carbocycles. The highest BCUT2D eigenvalue weighted by Gasteiger charge is 2.20. The van der Waals surface area contributed by atoms with Crippen LogP contribution in [-0.4, -0.2) is 4.57 Å². The third-order valence-corrected chi connectivity index (χ3v) is 13.8. The summed E-state index contributed by atoms with van der Waals surface area (Å²) in [6.45, 7) is 0. The summed E-state index contributed by atoms with van der Waals surface area (Å²) in [6.07, 6.45) is 4.57. The first-order valence-corrected chi connectivity index (χ1v) is 21.7. The van der Waals surface area contributed by atoms with Crippen LogP contribution in [0.3, 0.4) is 0 Å². The first-order chi connectivity index (χ1) is 30.2. The van der Waals surface area contributed by atoms with E-state index in [1.165, 1.54) is 108 Å². The Hall–Kier alpha value is -7.72. The molecule has 284 valence electrons. The largest absolute Gasteiger partial charge is 0.310 e. The lowest BCUT2D eigenvalue weighted by atomic mass is 9.98. The molecule has 0 amide bonds. The monoisotopic (exact) mass is 792 g/mol. The smallest absolute Gasteiger partial charge is 0.0547 e. The van der Waals surface area contributed by atoms with E-state index in [0.717, 1.165) is 11.4 Å². The molecular weight excluding hydrogens is 757 g/mol. The topological polar surface area (TPSA) is 8.17 Å². The van der Waals surface area contributed by atoms with Gasteiger partial charge in [0, 0.05) is 53.4 Å². The van der Waals surface area contributed by atoms with E-state index in [4.69, 9.17) is 0 Å². The first kappa shape index (κ1) is 34.2. The highest BCUT2D eigenvalue weighted by atomic mass is 32.1. The van der Waals surface area contributed by atoms with Gasteiger partial charge in [0.1, 0.15) is 0 Å². The van der Waals surface area contributed by atoms with Gasteiger partial charge in [-0.2, -0.15) is 0 Å². The second kappa shape index (κ2) is 13.4. The zero-order chi connectivity index (χ0) is 40.0. The van der Waals surface area contributed by atoms with Gasteiger partial charge in [0.25, 0.3) is 0 Å². The molecule has 0 fully saturated rings. The predicted molar refractivity (Wildman–Crippen MR) is 265 cm³/mol. The lowest BCUT2D eigenvalue weighted by Crippen LogP contribution is -2.10. The minimum atomic E-state index is 1.14. The molecule has 0 aliphatic heterocycles. The Balaban J connectivity index is 0.923. The van der Waals surface area contributed by atoms with E-state index >= 15 is 0 Å². The van der Waals surface area contributed by atoms with Crippen molar-refractivity contribution in [2.45, 2.75) is 0 Å². The summed E-state index contributed by atoms with van der Waals surface area (Å²) in [5.41, 5.74) is 9.54. The molecular formula is C58H36N2S. The number of aromatic nitrogens is 1. The predicted octanol–water partition coefficient (Wildman–Crippen LogP) is 16.8. The van der Waals surface area contributed by atoms with Crippen LogP contribution < -0.4 is 4.90 Å². The summed E-state index contributed by atoms with van der Waals surface area (Å²) < 4.78 is 4.97. The Morgan fingerprint density at radius 1 is 0.377 bits per heavy atom. The van der Waals surface area contributed by atoms with Gasteiger partial charge in [-0.05, 0) is 109 Å². The molecule has 13 rings (SSSR count). The maximum atomic E-state index is 2.46. The molecule has 3 heteroatoms. The number of anilines is 3. The number of para-hydroxylation sites is 1. The summed E-state index contributed by atoms with van der Waals surface area (Å²) in [5.74, 6) is 0. The van der Waals surface area contributed by atoms with Gasteiger partial charge in [-0.25, -0.2) is 0 Å². The van der Waals surface area contributed by atoms with Crippen molar-refractivity contribution in [1.29, 1.82) is 0 Å². The summed E-state index contributed by atoms with van der Waals surface area (Å²) in [6, 6.07) is 75.9. The van der Waals surface area contributed by atoms with Crippen LogP contribution in [0.15, 0.2) is 206 Å². The number of hydrogen-bond acceptors (Lipinski definition) is 2. The third kappa shape index (κ3) is 5.34. The van der Waals surface area contributed by atoms with E-state index in [-0.39, 0.29) is 0 Å². The second-order valence-electron chi connectivity index (χ2n) is 16.1. The van der Waals surface area contributed by atoms with E-state index < -0.39 is 0 Å². The summed E-state index contributed by atoms with van der Waals surface area (Å²) in [4.78, 5) is 2.46. The molecule has 0 spiro atoms. The Kier molecular flexibility index (Phi) is 7.51. The Morgan fingerprint density at radius 3 is 1.92 bits per heavy atom. The minimum absolute atomic E-state index is 1.14. The van der Waals surface area contributed by atoms with Gasteiger partial charge < -0.3 is 9.47 Å². The maximum absolute atomic E-state index is 2.46. The molecule has 13 aromatic rings. The number of fused-ring (bicyclic) bond motifs is 7. The van der Waals surface area contributed by atoms with Crippen LogP contribution in [0.25, 0.3) is 103 Å². The van der Waals surface area contributed by atoms with Crippen LogP contribution in [0.1, 0.15) is 11.1 Å². The molecule has 0 saturated carbocycles. The molecule has 0 unspecified atom stereocenters. The van der Waals surface area contributed by atoms with E-state index in [2.05, 4.69) is 228 Å². The minimum Gasteiger partial charge on any atom is -0.310 e. The summed E-state index contributed by atoms with van der Waals surface area (Å²) >= 11 is 1.87. The quantitative estimate of drug-likeness (QED) is 0.120. The van der Waals surface area contributed by atoms with Crippen LogP contribution >= 0.6 is 11.3 Å². The van der Waals surface area contributed by atoms with Crippen molar-refractivity contribution in [2.24, 2.45) is 0 Å². The average molecular weight is 793 g/mol. The standard InChI is InChI=1S/C58H36N2S/c1-2-15-43(16-3-1)60-52-20-10-14-40-25-30-47-39(26-32-53(60)58(47)57(40)52)23-21-37-22-29-50-51-31-28-45(36-56(51)61-55(50)33-37)59(44-27-24-38-11-4-5-12-41(38)34-44)54-35-42-13-6-7-17-46(42)48-18-8-9-19-49(48)54/h1-36H.